The van der Waals surface area contributed by atoms with Crippen LogP contribution in [0.2, 0.25) is 0 Å². The number of ether oxygens (including phenoxy) is 1. The van der Waals surface area contributed by atoms with Crippen LogP contribution in [-0.2, 0) is 17.8 Å². The summed E-state index contributed by atoms with van der Waals surface area (Å²) in [5.41, 5.74) is 6.18. The van der Waals surface area contributed by atoms with Gasteiger partial charge >= 0.3 is 0 Å². The predicted octanol–water partition coefficient (Wildman–Crippen LogP) is 5.17. The summed E-state index contributed by atoms with van der Waals surface area (Å²) in [6.07, 6.45) is 1.66. The van der Waals surface area contributed by atoms with Gasteiger partial charge in [-0.25, -0.2) is 9.82 Å². The highest BCUT2D eigenvalue weighted by Crippen LogP contribution is 2.23. The third kappa shape index (κ3) is 6.54. The van der Waals surface area contributed by atoms with Gasteiger partial charge < -0.3 is 4.74 Å². The Morgan fingerprint density at radius 3 is 2.66 bits per heavy atom. The highest BCUT2D eigenvalue weighted by Gasteiger charge is 2.05. The Hall–Kier alpha value is -2.99. The van der Waals surface area contributed by atoms with E-state index in [4.69, 9.17) is 4.74 Å². The van der Waals surface area contributed by atoms with Crippen LogP contribution in [-0.4, -0.2) is 12.1 Å². The minimum Gasteiger partial charge on any atom is -0.488 e. The highest BCUT2D eigenvalue weighted by atomic mass is 79.9. The number of hydrogen-bond acceptors (Lipinski definition) is 3. The Labute approximate surface area is 177 Å². The Balaban J connectivity index is 1.62. The molecule has 0 aliphatic carbocycles. The normalized spacial score (nSPS) is 10.9. The van der Waals surface area contributed by atoms with Gasteiger partial charge in [0.05, 0.1) is 12.6 Å². The summed E-state index contributed by atoms with van der Waals surface area (Å²) in [6, 6.07) is 19.5. The van der Waals surface area contributed by atoms with E-state index in [0.717, 1.165) is 15.6 Å². The molecule has 0 aliphatic heterocycles. The van der Waals surface area contributed by atoms with Crippen molar-refractivity contribution >= 4 is 28.1 Å². The van der Waals surface area contributed by atoms with Crippen molar-refractivity contribution in [2.24, 2.45) is 5.10 Å². The largest absolute Gasteiger partial charge is 0.488 e. The standard InChI is InChI=1S/C23H20BrFN2O2/c1-16-3-2-4-18(11-16)15-29-22-10-7-20(24)13-19(22)14-26-27-23(28)12-17-5-8-21(25)9-6-17/h2-11,13-14H,12,15H2,1H3,(H,27,28)/b26-14+. The lowest BCUT2D eigenvalue weighted by atomic mass is 10.1. The molecule has 1 amide bonds. The minimum absolute atomic E-state index is 0.118. The quantitative estimate of drug-likeness (QED) is 0.395. The molecule has 3 aromatic rings. The average Bonchev–Trinajstić information content (AvgIpc) is 2.69. The van der Waals surface area contributed by atoms with Crippen molar-refractivity contribution in [3.8, 4) is 5.75 Å². The average molecular weight is 455 g/mol. The lowest BCUT2D eigenvalue weighted by Gasteiger charge is -2.10. The maximum absolute atomic E-state index is 12.9. The molecule has 3 rings (SSSR count). The number of amides is 1. The van der Waals surface area contributed by atoms with Crippen LogP contribution >= 0.6 is 15.9 Å². The molecule has 0 saturated carbocycles. The van der Waals surface area contributed by atoms with E-state index in [1.165, 1.54) is 17.7 Å². The van der Waals surface area contributed by atoms with Crippen molar-refractivity contribution in [3.63, 3.8) is 0 Å². The molecule has 0 fully saturated rings. The van der Waals surface area contributed by atoms with E-state index in [-0.39, 0.29) is 18.1 Å². The summed E-state index contributed by atoms with van der Waals surface area (Å²) in [6.45, 7) is 2.47. The zero-order chi connectivity index (χ0) is 20.6. The summed E-state index contributed by atoms with van der Waals surface area (Å²) in [4.78, 5) is 12.0. The van der Waals surface area contributed by atoms with Crippen LogP contribution in [0.25, 0.3) is 0 Å². The SMILES string of the molecule is Cc1cccc(COc2ccc(Br)cc2/C=N/NC(=O)Cc2ccc(F)cc2)c1. The van der Waals surface area contributed by atoms with Crippen molar-refractivity contribution < 1.29 is 13.9 Å². The number of rotatable bonds is 7. The van der Waals surface area contributed by atoms with Crippen LogP contribution in [0.4, 0.5) is 4.39 Å². The molecule has 0 saturated heterocycles. The van der Waals surface area contributed by atoms with Crippen LogP contribution in [0.3, 0.4) is 0 Å². The molecule has 3 aromatic carbocycles. The number of nitrogens with one attached hydrogen (secondary N) is 1. The first-order valence-corrected chi connectivity index (χ1v) is 9.83. The molecular weight excluding hydrogens is 435 g/mol. The summed E-state index contributed by atoms with van der Waals surface area (Å²) in [5.74, 6) is 0.0383. The number of carbonyl (C=O) groups excluding carboxylic acids is 1. The van der Waals surface area contributed by atoms with Crippen molar-refractivity contribution in [3.05, 3.63) is 99.3 Å². The molecule has 0 spiro atoms. The monoisotopic (exact) mass is 454 g/mol. The molecular formula is C23H20BrFN2O2. The Kier molecular flexibility index (Phi) is 7.14. The van der Waals surface area contributed by atoms with Crippen molar-refractivity contribution in [2.45, 2.75) is 20.0 Å². The van der Waals surface area contributed by atoms with Crippen LogP contribution in [0.15, 0.2) is 76.3 Å². The molecule has 0 unspecified atom stereocenters. The molecule has 0 radical (unpaired) electrons. The molecule has 148 valence electrons. The second-order valence-corrected chi connectivity index (χ2v) is 7.47. The van der Waals surface area contributed by atoms with Crippen LogP contribution in [0.1, 0.15) is 22.3 Å². The Morgan fingerprint density at radius 2 is 1.90 bits per heavy atom. The van der Waals surface area contributed by atoms with E-state index in [1.807, 2.05) is 43.3 Å². The van der Waals surface area contributed by atoms with Gasteiger partial charge in [-0.15, -0.1) is 0 Å². The fourth-order valence-corrected chi connectivity index (χ4v) is 3.09. The molecule has 0 atom stereocenters. The second kappa shape index (κ2) is 9.98. The number of hydrazone groups is 1. The van der Waals surface area contributed by atoms with E-state index in [9.17, 15) is 9.18 Å². The zero-order valence-electron chi connectivity index (χ0n) is 15.9. The number of carbonyl (C=O) groups is 1. The molecule has 1 N–H and O–H groups in total. The third-order valence-electron chi connectivity index (χ3n) is 4.12. The maximum Gasteiger partial charge on any atom is 0.244 e. The summed E-state index contributed by atoms with van der Waals surface area (Å²) in [5, 5.41) is 4.03. The molecule has 0 aliphatic rings. The zero-order valence-corrected chi connectivity index (χ0v) is 17.4. The Morgan fingerprint density at radius 1 is 1.10 bits per heavy atom. The molecule has 0 aromatic heterocycles. The number of halogens is 2. The van der Waals surface area contributed by atoms with Gasteiger partial charge in [-0.3, -0.25) is 4.79 Å². The van der Waals surface area contributed by atoms with Crippen molar-refractivity contribution in [2.75, 3.05) is 0 Å². The molecule has 6 heteroatoms. The third-order valence-corrected chi connectivity index (χ3v) is 4.61. The molecule has 29 heavy (non-hydrogen) atoms. The smallest absolute Gasteiger partial charge is 0.244 e. The summed E-state index contributed by atoms with van der Waals surface area (Å²) < 4.78 is 19.7. The van der Waals surface area contributed by atoms with Gasteiger partial charge in [0.2, 0.25) is 5.91 Å². The predicted molar refractivity (Wildman–Crippen MR) is 115 cm³/mol. The highest BCUT2D eigenvalue weighted by molar-refractivity contribution is 9.10. The number of nitrogens with zero attached hydrogens (tertiary/aromatic N) is 1. The van der Waals surface area contributed by atoms with E-state index >= 15 is 0 Å². The number of aryl methyl sites for hydroxylation is 1. The van der Waals surface area contributed by atoms with Gasteiger partial charge in [0.15, 0.2) is 0 Å². The number of hydrogen-bond donors (Lipinski definition) is 1. The summed E-state index contributed by atoms with van der Waals surface area (Å²) >= 11 is 3.44. The second-order valence-electron chi connectivity index (χ2n) is 6.56. The fraction of sp³-hybridized carbons (Fsp3) is 0.130. The fourth-order valence-electron chi connectivity index (χ4n) is 2.72. The first-order chi connectivity index (χ1) is 14.0. The number of benzene rings is 3. The topological polar surface area (TPSA) is 50.7 Å². The van der Waals surface area contributed by atoms with E-state index < -0.39 is 0 Å². The van der Waals surface area contributed by atoms with Crippen molar-refractivity contribution in [1.82, 2.24) is 5.43 Å². The molecule has 4 nitrogen and oxygen atoms in total. The van der Waals surface area contributed by atoms with E-state index in [2.05, 4.69) is 32.5 Å². The lowest BCUT2D eigenvalue weighted by Crippen LogP contribution is -2.19. The maximum atomic E-state index is 12.9. The first-order valence-electron chi connectivity index (χ1n) is 9.04. The first kappa shape index (κ1) is 20.7. The van der Waals surface area contributed by atoms with E-state index in [1.54, 1.807) is 18.3 Å². The van der Waals surface area contributed by atoms with Gasteiger partial charge in [-0.2, -0.15) is 5.10 Å². The van der Waals surface area contributed by atoms with Gasteiger partial charge in [0.25, 0.3) is 0 Å². The Bertz CT molecular complexity index is 1020. The minimum atomic E-state index is -0.333. The van der Waals surface area contributed by atoms with E-state index in [0.29, 0.717) is 17.9 Å². The van der Waals surface area contributed by atoms with Gasteiger partial charge in [0, 0.05) is 10.0 Å². The molecule has 0 bridgehead atoms. The van der Waals surface area contributed by atoms with Gasteiger partial charge in [-0.1, -0.05) is 57.9 Å². The van der Waals surface area contributed by atoms with Crippen LogP contribution in [0, 0.1) is 12.7 Å². The van der Waals surface area contributed by atoms with Crippen LogP contribution in [0.5, 0.6) is 5.75 Å². The summed E-state index contributed by atoms with van der Waals surface area (Å²) in [7, 11) is 0. The van der Waals surface area contributed by atoms with Gasteiger partial charge in [0.1, 0.15) is 18.2 Å². The lowest BCUT2D eigenvalue weighted by molar-refractivity contribution is -0.120. The van der Waals surface area contributed by atoms with Gasteiger partial charge in [-0.05, 0) is 48.4 Å². The van der Waals surface area contributed by atoms with Crippen molar-refractivity contribution in [1.29, 1.82) is 0 Å². The van der Waals surface area contributed by atoms with Crippen LogP contribution < -0.4 is 10.2 Å². The molecule has 0 heterocycles.